The minimum atomic E-state index is 0.250. The van der Waals surface area contributed by atoms with Crippen molar-refractivity contribution in [1.29, 1.82) is 0 Å². The molecule has 2 heteroatoms. The lowest BCUT2D eigenvalue weighted by atomic mass is 9.84. The summed E-state index contributed by atoms with van der Waals surface area (Å²) in [6.07, 6.45) is 5.79. The average molecular weight is 223 g/mol. The second-order valence-corrected chi connectivity index (χ2v) is 4.64. The average Bonchev–Trinajstić information content (AvgIpc) is 2.30. The lowest BCUT2D eigenvalue weighted by Gasteiger charge is -2.20. The summed E-state index contributed by atoms with van der Waals surface area (Å²) in [6, 6.07) is 7.24. The van der Waals surface area contributed by atoms with Crippen LogP contribution >= 0.6 is 11.6 Å². The van der Waals surface area contributed by atoms with Crippen molar-refractivity contribution in [1.82, 2.24) is 0 Å². The van der Waals surface area contributed by atoms with Crippen LogP contribution in [-0.4, -0.2) is 5.78 Å². The van der Waals surface area contributed by atoms with Crippen molar-refractivity contribution in [2.45, 2.75) is 32.1 Å². The Hall–Kier alpha value is -0.820. The quantitative estimate of drug-likeness (QED) is 0.689. The van der Waals surface area contributed by atoms with Crippen molar-refractivity contribution >= 4 is 17.4 Å². The molecule has 0 saturated heterocycles. The van der Waals surface area contributed by atoms with Crippen LogP contribution in [0, 0.1) is 5.92 Å². The minimum Gasteiger partial charge on any atom is -0.294 e. The normalized spacial score (nSPS) is 17.7. The van der Waals surface area contributed by atoms with Gasteiger partial charge in [0.05, 0.1) is 0 Å². The maximum atomic E-state index is 12.1. The molecule has 0 N–H and O–H groups in total. The zero-order valence-electron chi connectivity index (χ0n) is 8.71. The number of rotatable bonds is 2. The van der Waals surface area contributed by atoms with Crippen LogP contribution in [0.2, 0.25) is 5.02 Å². The van der Waals surface area contributed by atoms with Gasteiger partial charge in [0.1, 0.15) is 0 Å². The largest absolute Gasteiger partial charge is 0.294 e. The summed E-state index contributed by atoms with van der Waals surface area (Å²) in [6.45, 7) is 0. The number of hydrogen-bond acceptors (Lipinski definition) is 1. The molecule has 1 fully saturated rings. The summed E-state index contributed by atoms with van der Waals surface area (Å²) in [4.78, 5) is 12.1. The van der Waals surface area contributed by atoms with E-state index in [9.17, 15) is 4.79 Å². The van der Waals surface area contributed by atoms with Gasteiger partial charge in [0.15, 0.2) is 5.78 Å². The smallest absolute Gasteiger partial charge is 0.165 e. The van der Waals surface area contributed by atoms with Crippen LogP contribution in [0.15, 0.2) is 24.3 Å². The third-order valence-corrected chi connectivity index (χ3v) is 3.36. The van der Waals surface area contributed by atoms with E-state index in [4.69, 9.17) is 11.6 Å². The molecule has 80 valence electrons. The van der Waals surface area contributed by atoms with Gasteiger partial charge >= 0.3 is 0 Å². The van der Waals surface area contributed by atoms with E-state index in [0.717, 1.165) is 18.4 Å². The topological polar surface area (TPSA) is 17.1 Å². The maximum absolute atomic E-state index is 12.1. The Labute approximate surface area is 95.4 Å². The van der Waals surface area contributed by atoms with E-state index < -0.39 is 0 Å². The second-order valence-electron chi connectivity index (χ2n) is 4.21. The molecule has 1 saturated carbocycles. The highest BCUT2D eigenvalue weighted by molar-refractivity contribution is 6.30. The van der Waals surface area contributed by atoms with Crippen LogP contribution in [-0.2, 0) is 0 Å². The molecular weight excluding hydrogens is 208 g/mol. The zero-order valence-corrected chi connectivity index (χ0v) is 9.46. The fourth-order valence-electron chi connectivity index (χ4n) is 2.21. The van der Waals surface area contributed by atoms with Crippen molar-refractivity contribution in [3.05, 3.63) is 34.9 Å². The van der Waals surface area contributed by atoms with Crippen LogP contribution < -0.4 is 0 Å². The first-order valence-corrected chi connectivity index (χ1v) is 5.95. The van der Waals surface area contributed by atoms with E-state index >= 15 is 0 Å². The Kier molecular flexibility index (Phi) is 3.42. The van der Waals surface area contributed by atoms with Gasteiger partial charge in [-0.25, -0.2) is 0 Å². The Morgan fingerprint density at radius 2 is 1.67 bits per heavy atom. The molecule has 0 heterocycles. The Morgan fingerprint density at radius 1 is 1.07 bits per heavy atom. The number of carbonyl (C=O) groups is 1. The number of benzene rings is 1. The summed E-state index contributed by atoms with van der Waals surface area (Å²) >= 11 is 5.79. The Balaban J connectivity index is 2.09. The molecule has 0 atom stereocenters. The molecule has 1 nitrogen and oxygen atoms in total. The first-order chi connectivity index (χ1) is 7.27. The van der Waals surface area contributed by atoms with Crippen molar-refractivity contribution in [3.63, 3.8) is 0 Å². The van der Waals surface area contributed by atoms with Crippen LogP contribution in [0.1, 0.15) is 42.5 Å². The van der Waals surface area contributed by atoms with Crippen LogP contribution in [0.3, 0.4) is 0 Å². The highest BCUT2D eigenvalue weighted by atomic mass is 35.5. The predicted octanol–water partition coefficient (Wildman–Crippen LogP) is 4.10. The molecule has 0 spiro atoms. The molecule has 0 aromatic heterocycles. The third-order valence-electron chi connectivity index (χ3n) is 3.10. The van der Waals surface area contributed by atoms with Gasteiger partial charge in [-0.3, -0.25) is 4.79 Å². The molecule has 0 bridgehead atoms. The summed E-state index contributed by atoms with van der Waals surface area (Å²) in [5, 5.41) is 0.690. The van der Waals surface area contributed by atoms with Gasteiger partial charge in [-0.15, -0.1) is 0 Å². The van der Waals surface area contributed by atoms with Gasteiger partial charge in [-0.2, -0.15) is 0 Å². The molecular formula is C13H15ClO. The molecule has 0 unspecified atom stereocenters. The van der Waals surface area contributed by atoms with Crippen LogP contribution in [0.25, 0.3) is 0 Å². The van der Waals surface area contributed by atoms with Crippen molar-refractivity contribution in [2.24, 2.45) is 5.92 Å². The first-order valence-electron chi connectivity index (χ1n) is 5.57. The van der Waals surface area contributed by atoms with Gasteiger partial charge in [0, 0.05) is 16.5 Å². The fourth-order valence-corrected chi connectivity index (χ4v) is 2.34. The molecule has 0 amide bonds. The molecule has 0 radical (unpaired) electrons. The highest BCUT2D eigenvalue weighted by Crippen LogP contribution is 2.27. The Morgan fingerprint density at radius 3 is 2.27 bits per heavy atom. The summed E-state index contributed by atoms with van der Waals surface area (Å²) in [7, 11) is 0. The molecule has 1 aliphatic rings. The van der Waals surface area contributed by atoms with Gasteiger partial charge in [0.2, 0.25) is 0 Å². The Bertz CT molecular complexity index is 336. The van der Waals surface area contributed by atoms with Crippen molar-refractivity contribution < 1.29 is 4.79 Å². The molecule has 1 aromatic carbocycles. The second kappa shape index (κ2) is 4.80. The standard InChI is InChI=1S/C13H15ClO/c14-12-8-6-11(7-9-12)13(15)10-4-2-1-3-5-10/h6-10H,1-5H2. The number of ketones is 1. The van der Waals surface area contributed by atoms with E-state index in [-0.39, 0.29) is 5.92 Å². The van der Waals surface area contributed by atoms with Crippen LogP contribution in [0.5, 0.6) is 0 Å². The first kappa shape index (κ1) is 10.7. The maximum Gasteiger partial charge on any atom is 0.165 e. The molecule has 0 aliphatic heterocycles. The van der Waals surface area contributed by atoms with E-state index in [1.165, 1.54) is 19.3 Å². The zero-order chi connectivity index (χ0) is 10.7. The molecule has 2 rings (SSSR count). The number of halogens is 1. The van der Waals surface area contributed by atoms with Gasteiger partial charge in [-0.1, -0.05) is 30.9 Å². The molecule has 1 aromatic rings. The van der Waals surface area contributed by atoms with E-state index in [1.807, 2.05) is 12.1 Å². The lowest BCUT2D eigenvalue weighted by Crippen LogP contribution is -2.17. The molecule has 1 aliphatic carbocycles. The lowest BCUT2D eigenvalue weighted by molar-refractivity contribution is 0.0889. The van der Waals surface area contributed by atoms with Crippen molar-refractivity contribution in [2.75, 3.05) is 0 Å². The number of Topliss-reactive ketones (excluding diaryl/α,β-unsaturated/α-hetero) is 1. The highest BCUT2D eigenvalue weighted by Gasteiger charge is 2.21. The molecule has 15 heavy (non-hydrogen) atoms. The van der Waals surface area contributed by atoms with E-state index in [1.54, 1.807) is 12.1 Å². The number of hydrogen-bond donors (Lipinski definition) is 0. The predicted molar refractivity (Wildman–Crippen MR) is 62.4 cm³/mol. The summed E-state index contributed by atoms with van der Waals surface area (Å²) < 4.78 is 0. The van der Waals surface area contributed by atoms with E-state index in [0.29, 0.717) is 10.8 Å². The van der Waals surface area contributed by atoms with Crippen molar-refractivity contribution in [3.8, 4) is 0 Å². The fraction of sp³-hybridized carbons (Fsp3) is 0.462. The monoisotopic (exact) mass is 222 g/mol. The van der Waals surface area contributed by atoms with Gasteiger partial charge in [0.25, 0.3) is 0 Å². The number of carbonyl (C=O) groups excluding carboxylic acids is 1. The van der Waals surface area contributed by atoms with Gasteiger partial charge in [-0.05, 0) is 37.1 Å². The summed E-state index contributed by atoms with van der Waals surface area (Å²) in [5.41, 5.74) is 0.811. The van der Waals surface area contributed by atoms with Crippen LogP contribution in [0.4, 0.5) is 0 Å². The SMILES string of the molecule is O=C(c1ccc(Cl)cc1)C1CCCCC1. The minimum absolute atomic E-state index is 0.250. The third kappa shape index (κ3) is 2.60. The summed E-state index contributed by atoms with van der Waals surface area (Å²) in [5.74, 6) is 0.547. The van der Waals surface area contributed by atoms with E-state index in [2.05, 4.69) is 0 Å². The van der Waals surface area contributed by atoms with Gasteiger partial charge < -0.3 is 0 Å².